The van der Waals surface area contributed by atoms with E-state index in [2.05, 4.69) is 15.4 Å². The van der Waals surface area contributed by atoms with Crippen LogP contribution in [0, 0.1) is 11.3 Å². The number of sulfone groups is 1. The molecular weight excluding hydrogens is 412 g/mol. The van der Waals surface area contributed by atoms with E-state index in [-0.39, 0.29) is 23.3 Å². The minimum Gasteiger partial charge on any atom is -0.394 e. The Morgan fingerprint density at radius 2 is 1.87 bits per heavy atom. The van der Waals surface area contributed by atoms with E-state index in [0.717, 1.165) is 22.5 Å². The predicted octanol–water partition coefficient (Wildman–Crippen LogP) is 1.82. The predicted molar refractivity (Wildman–Crippen MR) is 120 cm³/mol. The normalized spacial score (nSPS) is 25.4. The zero-order valence-electron chi connectivity index (χ0n) is 17.0. The lowest BCUT2D eigenvalue weighted by atomic mass is 9.89. The number of nitrogens with one attached hydrogen (secondary N) is 2. The van der Waals surface area contributed by atoms with Gasteiger partial charge in [-0.3, -0.25) is 10.4 Å². The van der Waals surface area contributed by atoms with Crippen molar-refractivity contribution in [3.05, 3.63) is 65.6 Å². The number of aromatic nitrogens is 1. The third-order valence-electron chi connectivity index (χ3n) is 6.29. The fourth-order valence-electron chi connectivity index (χ4n) is 4.45. The number of nitrogens with two attached hydrogens (primary N) is 1. The molecule has 1 saturated heterocycles. The highest BCUT2D eigenvalue weighted by Gasteiger charge is 2.44. The monoisotopic (exact) mass is 436 g/mol. The number of pyridine rings is 1. The van der Waals surface area contributed by atoms with Gasteiger partial charge in [-0.1, -0.05) is 36.4 Å². The van der Waals surface area contributed by atoms with Crippen LogP contribution in [0.1, 0.15) is 18.4 Å². The number of hydrazone groups is 1. The first kappa shape index (κ1) is 19.7. The Bertz CT molecular complexity index is 1180. The molecule has 160 valence electrons. The summed E-state index contributed by atoms with van der Waals surface area (Å²) in [6.45, 7) is 0.424. The first-order valence-corrected chi connectivity index (χ1v) is 12.1. The molecule has 1 aromatic heterocycles. The van der Waals surface area contributed by atoms with E-state index in [1.807, 2.05) is 48.7 Å². The standard InChI is InChI=1S/C22H24N6O2S/c23-19-20(16-8-10-31(29,30)11-9-16)27-22(13-26-28(14-22)21(19)24)17-6-7-18(25-12-17)15-4-2-1-3-5-15/h1-7,12-13,16,24,27H,8-11,14,23H2. The highest BCUT2D eigenvalue weighted by atomic mass is 32.2. The molecule has 4 N–H and O–H groups in total. The number of amidine groups is 1. The Balaban J connectivity index is 1.49. The first-order chi connectivity index (χ1) is 14.9. The van der Waals surface area contributed by atoms with Crippen LogP contribution in [0.4, 0.5) is 0 Å². The quantitative estimate of drug-likeness (QED) is 0.674. The molecule has 8 nitrogen and oxygen atoms in total. The van der Waals surface area contributed by atoms with Gasteiger partial charge in [0.15, 0.2) is 5.84 Å². The fraction of sp³-hybridized carbons (Fsp3) is 0.318. The van der Waals surface area contributed by atoms with Gasteiger partial charge in [0.2, 0.25) is 0 Å². The van der Waals surface area contributed by atoms with E-state index >= 15 is 0 Å². The zero-order valence-corrected chi connectivity index (χ0v) is 17.8. The van der Waals surface area contributed by atoms with Gasteiger partial charge in [0.05, 0.1) is 35.7 Å². The van der Waals surface area contributed by atoms with Gasteiger partial charge >= 0.3 is 0 Å². The molecule has 2 aromatic rings. The molecule has 31 heavy (non-hydrogen) atoms. The Labute approximate surface area is 181 Å². The van der Waals surface area contributed by atoms with Crippen LogP contribution in [-0.2, 0) is 15.4 Å². The van der Waals surface area contributed by atoms with Crippen LogP contribution < -0.4 is 11.1 Å². The molecule has 1 atom stereocenters. The topological polar surface area (TPSA) is 125 Å². The van der Waals surface area contributed by atoms with Crippen LogP contribution in [0.3, 0.4) is 0 Å². The van der Waals surface area contributed by atoms with E-state index in [1.54, 1.807) is 11.2 Å². The van der Waals surface area contributed by atoms with E-state index in [1.165, 1.54) is 0 Å². The minimum atomic E-state index is -2.99. The van der Waals surface area contributed by atoms with Gasteiger partial charge in [0.25, 0.3) is 0 Å². The third-order valence-corrected chi connectivity index (χ3v) is 8.00. The van der Waals surface area contributed by atoms with Crippen LogP contribution in [0.5, 0.6) is 0 Å². The fourth-order valence-corrected chi connectivity index (χ4v) is 5.94. The Kier molecular flexibility index (Phi) is 4.58. The number of rotatable bonds is 3. The SMILES string of the molecule is N=C1C(N)=C(C2CCS(=O)(=O)CC2)NC2(c3ccc(-c4ccccc4)nc3)C=NN1C2. The van der Waals surface area contributed by atoms with Crippen molar-refractivity contribution < 1.29 is 8.42 Å². The van der Waals surface area contributed by atoms with Crippen molar-refractivity contribution in [2.45, 2.75) is 18.4 Å². The summed E-state index contributed by atoms with van der Waals surface area (Å²) in [7, 11) is -2.99. The van der Waals surface area contributed by atoms with Crippen molar-refractivity contribution in [2.24, 2.45) is 16.8 Å². The lowest BCUT2D eigenvalue weighted by Crippen LogP contribution is -2.47. The lowest BCUT2D eigenvalue weighted by Gasteiger charge is -2.33. The summed E-state index contributed by atoms with van der Waals surface area (Å²) in [5, 5.41) is 18.0. The van der Waals surface area contributed by atoms with E-state index in [0.29, 0.717) is 25.1 Å². The van der Waals surface area contributed by atoms with Gasteiger partial charge in [-0.15, -0.1) is 0 Å². The molecule has 0 amide bonds. The molecule has 0 aliphatic carbocycles. The van der Waals surface area contributed by atoms with Crippen LogP contribution in [0.2, 0.25) is 0 Å². The number of hydrogen-bond acceptors (Lipinski definition) is 7. The minimum absolute atomic E-state index is 0.0359. The summed E-state index contributed by atoms with van der Waals surface area (Å²) in [4.78, 5) is 4.66. The molecule has 3 aliphatic rings. The van der Waals surface area contributed by atoms with Crippen molar-refractivity contribution in [1.29, 1.82) is 5.41 Å². The maximum absolute atomic E-state index is 11.9. The molecular formula is C22H24N6O2S. The number of allylic oxidation sites excluding steroid dienone is 1. The summed E-state index contributed by atoms with van der Waals surface area (Å²) in [6, 6.07) is 14.0. The number of nitrogens with zero attached hydrogens (tertiary/aromatic N) is 3. The summed E-state index contributed by atoms with van der Waals surface area (Å²) < 4.78 is 23.8. The number of hydrogen-bond donors (Lipinski definition) is 3. The van der Waals surface area contributed by atoms with Gasteiger partial charge in [0, 0.05) is 28.9 Å². The molecule has 3 aliphatic heterocycles. The van der Waals surface area contributed by atoms with E-state index < -0.39 is 15.4 Å². The molecule has 2 bridgehead atoms. The second-order valence-corrected chi connectivity index (χ2v) is 10.6. The van der Waals surface area contributed by atoms with E-state index in [4.69, 9.17) is 11.1 Å². The van der Waals surface area contributed by atoms with Crippen LogP contribution in [0.25, 0.3) is 11.3 Å². The Morgan fingerprint density at radius 1 is 1.13 bits per heavy atom. The second-order valence-electron chi connectivity index (χ2n) is 8.30. The van der Waals surface area contributed by atoms with Crippen molar-refractivity contribution >= 4 is 21.9 Å². The average molecular weight is 437 g/mol. The van der Waals surface area contributed by atoms with Crippen molar-refractivity contribution in [3.8, 4) is 11.3 Å². The van der Waals surface area contributed by atoms with Gasteiger partial charge < -0.3 is 11.1 Å². The average Bonchev–Trinajstić information content (AvgIpc) is 3.19. The van der Waals surface area contributed by atoms with E-state index in [9.17, 15) is 8.42 Å². The summed E-state index contributed by atoms with van der Waals surface area (Å²) in [5.74, 6) is 0.384. The molecule has 5 rings (SSSR count). The van der Waals surface area contributed by atoms with Crippen molar-refractivity contribution in [3.63, 3.8) is 0 Å². The van der Waals surface area contributed by atoms with Gasteiger partial charge in [-0.2, -0.15) is 5.10 Å². The largest absolute Gasteiger partial charge is 0.394 e. The first-order valence-electron chi connectivity index (χ1n) is 10.3. The van der Waals surface area contributed by atoms with Crippen LogP contribution >= 0.6 is 0 Å². The molecule has 1 aromatic carbocycles. The Morgan fingerprint density at radius 3 is 2.55 bits per heavy atom. The van der Waals surface area contributed by atoms with Gasteiger partial charge in [-0.05, 0) is 18.9 Å². The lowest BCUT2D eigenvalue weighted by molar-refractivity contribution is 0.374. The smallest absolute Gasteiger partial charge is 0.166 e. The molecule has 1 fully saturated rings. The molecule has 9 heteroatoms. The van der Waals surface area contributed by atoms with Gasteiger partial charge in [-0.25, -0.2) is 13.4 Å². The van der Waals surface area contributed by atoms with Crippen molar-refractivity contribution in [1.82, 2.24) is 15.3 Å². The van der Waals surface area contributed by atoms with Crippen LogP contribution in [-0.4, -0.2) is 48.5 Å². The zero-order chi connectivity index (χ0) is 21.6. The highest BCUT2D eigenvalue weighted by molar-refractivity contribution is 7.91. The molecule has 0 radical (unpaired) electrons. The molecule has 1 unspecified atom stereocenters. The number of fused-ring (bicyclic) bond motifs is 2. The molecule has 4 heterocycles. The molecule has 0 spiro atoms. The van der Waals surface area contributed by atoms with Crippen molar-refractivity contribution in [2.75, 3.05) is 18.1 Å². The third kappa shape index (κ3) is 3.48. The summed E-state index contributed by atoms with van der Waals surface area (Å²) in [5.41, 5.74) is 9.58. The maximum atomic E-state index is 11.9. The summed E-state index contributed by atoms with van der Waals surface area (Å²) >= 11 is 0. The van der Waals surface area contributed by atoms with Gasteiger partial charge in [0.1, 0.15) is 15.4 Å². The second kappa shape index (κ2) is 7.19. The highest BCUT2D eigenvalue weighted by Crippen LogP contribution is 2.35. The summed E-state index contributed by atoms with van der Waals surface area (Å²) in [6.07, 6.45) is 4.62. The van der Waals surface area contributed by atoms with Crippen LogP contribution in [0.15, 0.2) is 65.2 Å². The number of benzene rings is 1. The molecule has 0 saturated carbocycles. The maximum Gasteiger partial charge on any atom is 0.166 e. The Hall–Kier alpha value is -3.20.